The smallest absolute Gasteiger partial charge is 0.192 e. The molecule has 2 aromatic rings. The van der Waals surface area contributed by atoms with Crippen LogP contribution in [-0.4, -0.2) is 0 Å². The highest BCUT2D eigenvalue weighted by atomic mass is 19.4. The summed E-state index contributed by atoms with van der Waals surface area (Å²) in [6.07, 6.45) is -9.63. The molecule has 0 atom stereocenters. The lowest BCUT2D eigenvalue weighted by atomic mass is 9.93. The Hall–Kier alpha value is -2.49. The molecule has 0 heterocycles. The molecule has 0 N–H and O–H groups in total. The summed E-state index contributed by atoms with van der Waals surface area (Å²) in [6.45, 7) is 0. The van der Waals surface area contributed by atoms with Gasteiger partial charge in [-0.3, -0.25) is 0 Å². The Balaban J connectivity index is 2.80. The number of hydrogen-bond donors (Lipinski definition) is 0. The average molecular weight is 315 g/mol. The highest BCUT2D eigenvalue weighted by Crippen LogP contribution is 2.42. The summed E-state index contributed by atoms with van der Waals surface area (Å²) >= 11 is 0. The summed E-state index contributed by atoms with van der Waals surface area (Å²) in [5.74, 6) is 0. The van der Waals surface area contributed by atoms with Crippen molar-refractivity contribution in [2.75, 3.05) is 0 Å². The molecule has 0 aliphatic rings. The second kappa shape index (κ2) is 5.37. The lowest BCUT2D eigenvalue weighted by Gasteiger charge is -2.17. The molecule has 0 saturated heterocycles. The third-order valence-electron chi connectivity index (χ3n) is 2.98. The van der Waals surface area contributed by atoms with Crippen molar-refractivity contribution in [3.05, 3.63) is 59.2 Å². The Morgan fingerprint density at radius 3 is 1.82 bits per heavy atom. The van der Waals surface area contributed by atoms with Gasteiger partial charge in [0.05, 0.1) is 22.8 Å². The van der Waals surface area contributed by atoms with E-state index in [2.05, 4.69) is 0 Å². The molecule has 114 valence electrons. The van der Waals surface area contributed by atoms with Crippen LogP contribution in [0, 0.1) is 11.3 Å². The first-order chi connectivity index (χ1) is 10.1. The van der Waals surface area contributed by atoms with E-state index in [-0.39, 0.29) is 5.56 Å². The predicted molar refractivity (Wildman–Crippen MR) is 66.6 cm³/mol. The second-order valence-corrected chi connectivity index (χ2v) is 4.41. The summed E-state index contributed by atoms with van der Waals surface area (Å²) in [4.78, 5) is 0. The highest BCUT2D eigenvalue weighted by Gasteiger charge is 2.38. The van der Waals surface area contributed by atoms with Crippen LogP contribution in [0.25, 0.3) is 11.1 Å². The maximum Gasteiger partial charge on any atom is 0.417 e. The molecular formula is C15H7F6N. The lowest BCUT2D eigenvalue weighted by Crippen LogP contribution is -2.11. The zero-order valence-corrected chi connectivity index (χ0v) is 10.8. The Bertz CT molecular complexity index is 737. The van der Waals surface area contributed by atoms with Crippen LogP contribution in [0.2, 0.25) is 0 Å². The van der Waals surface area contributed by atoms with Gasteiger partial charge in [0.2, 0.25) is 0 Å². The fourth-order valence-electron chi connectivity index (χ4n) is 2.05. The van der Waals surface area contributed by atoms with Crippen LogP contribution in [-0.2, 0) is 12.4 Å². The number of nitrogens with zero attached hydrogens (tertiary/aromatic N) is 1. The molecule has 0 aromatic heterocycles. The number of benzene rings is 2. The summed E-state index contributed by atoms with van der Waals surface area (Å²) in [7, 11) is 0. The van der Waals surface area contributed by atoms with E-state index in [0.717, 1.165) is 24.3 Å². The van der Waals surface area contributed by atoms with Gasteiger partial charge in [-0.25, -0.2) is 0 Å². The molecule has 0 fully saturated rings. The number of alkyl halides is 6. The topological polar surface area (TPSA) is 23.8 Å². The van der Waals surface area contributed by atoms with Gasteiger partial charge in [-0.05, 0) is 35.4 Å². The van der Waals surface area contributed by atoms with E-state index in [1.165, 1.54) is 6.07 Å². The molecule has 7 heteroatoms. The van der Waals surface area contributed by atoms with Gasteiger partial charge < -0.3 is 0 Å². The molecular weight excluding hydrogens is 308 g/mol. The highest BCUT2D eigenvalue weighted by molar-refractivity contribution is 5.73. The fourth-order valence-corrected chi connectivity index (χ4v) is 2.05. The number of rotatable bonds is 1. The molecule has 0 amide bonds. The normalized spacial score (nSPS) is 12.0. The van der Waals surface area contributed by atoms with Crippen molar-refractivity contribution in [3.8, 4) is 17.2 Å². The standard InChI is InChI=1S/C15H7F6N/c16-14(17,18)12-4-2-1-3-10(12)11-7-9(8-22)5-6-13(11)15(19,20)21/h1-7H. The second-order valence-electron chi connectivity index (χ2n) is 4.41. The van der Waals surface area contributed by atoms with E-state index in [1.54, 1.807) is 6.07 Å². The minimum atomic E-state index is -4.83. The maximum absolute atomic E-state index is 13.0. The van der Waals surface area contributed by atoms with Crippen molar-refractivity contribution in [3.63, 3.8) is 0 Å². The minimum absolute atomic E-state index is 0.153. The largest absolute Gasteiger partial charge is 0.417 e. The molecule has 2 rings (SSSR count). The van der Waals surface area contributed by atoms with Gasteiger partial charge in [0, 0.05) is 0 Å². The zero-order chi connectivity index (χ0) is 16.5. The van der Waals surface area contributed by atoms with Crippen molar-refractivity contribution < 1.29 is 26.3 Å². The molecule has 1 nitrogen and oxygen atoms in total. The molecule has 0 unspecified atom stereocenters. The van der Waals surface area contributed by atoms with Crippen LogP contribution in [0.5, 0.6) is 0 Å². The zero-order valence-electron chi connectivity index (χ0n) is 10.8. The summed E-state index contributed by atoms with van der Waals surface area (Å²) in [6, 6.07) is 7.93. The Morgan fingerprint density at radius 1 is 0.727 bits per heavy atom. The van der Waals surface area contributed by atoms with Crippen molar-refractivity contribution in [2.24, 2.45) is 0 Å². The van der Waals surface area contributed by atoms with Crippen molar-refractivity contribution in [1.29, 1.82) is 5.26 Å². The monoisotopic (exact) mass is 315 g/mol. The van der Waals surface area contributed by atoms with Gasteiger partial charge in [-0.1, -0.05) is 18.2 Å². The summed E-state index contributed by atoms with van der Waals surface area (Å²) < 4.78 is 78.1. The third kappa shape index (κ3) is 3.06. The molecule has 0 aliphatic heterocycles. The lowest BCUT2D eigenvalue weighted by molar-refractivity contribution is -0.139. The van der Waals surface area contributed by atoms with E-state index in [9.17, 15) is 26.3 Å². The first-order valence-corrected chi connectivity index (χ1v) is 5.92. The van der Waals surface area contributed by atoms with Gasteiger partial charge in [-0.15, -0.1) is 0 Å². The predicted octanol–water partition coefficient (Wildman–Crippen LogP) is 5.26. The molecule has 0 bridgehead atoms. The quantitative estimate of drug-likeness (QED) is 0.658. The van der Waals surface area contributed by atoms with E-state index in [1.807, 2.05) is 0 Å². The van der Waals surface area contributed by atoms with Gasteiger partial charge in [0.25, 0.3) is 0 Å². The van der Waals surface area contributed by atoms with Crippen LogP contribution in [0.3, 0.4) is 0 Å². The van der Waals surface area contributed by atoms with Gasteiger partial charge in [0.1, 0.15) is 0 Å². The van der Waals surface area contributed by atoms with Crippen LogP contribution in [0.1, 0.15) is 16.7 Å². The van der Waals surface area contributed by atoms with Crippen molar-refractivity contribution >= 4 is 0 Å². The number of nitriles is 1. The summed E-state index contributed by atoms with van der Waals surface area (Å²) in [5.41, 5.74) is -3.84. The van der Waals surface area contributed by atoms with Crippen LogP contribution < -0.4 is 0 Å². The molecule has 2 aromatic carbocycles. The Labute approximate surface area is 121 Å². The molecule has 0 aliphatic carbocycles. The van der Waals surface area contributed by atoms with Crippen LogP contribution >= 0.6 is 0 Å². The van der Waals surface area contributed by atoms with Crippen molar-refractivity contribution in [2.45, 2.75) is 12.4 Å². The molecule has 0 spiro atoms. The van der Waals surface area contributed by atoms with E-state index in [4.69, 9.17) is 5.26 Å². The molecule has 22 heavy (non-hydrogen) atoms. The van der Waals surface area contributed by atoms with Gasteiger partial charge in [-0.2, -0.15) is 31.6 Å². The van der Waals surface area contributed by atoms with Crippen molar-refractivity contribution in [1.82, 2.24) is 0 Å². The SMILES string of the molecule is N#Cc1ccc(C(F)(F)F)c(-c2ccccc2C(F)(F)F)c1. The minimum Gasteiger partial charge on any atom is -0.192 e. The van der Waals surface area contributed by atoms with E-state index >= 15 is 0 Å². The fraction of sp³-hybridized carbons (Fsp3) is 0.133. The summed E-state index contributed by atoms with van der Waals surface area (Å²) in [5, 5.41) is 8.78. The van der Waals surface area contributed by atoms with Gasteiger partial charge in [0.15, 0.2) is 0 Å². The van der Waals surface area contributed by atoms with E-state index in [0.29, 0.717) is 12.1 Å². The first kappa shape index (κ1) is 15.9. The Kier molecular flexibility index (Phi) is 3.88. The van der Waals surface area contributed by atoms with Crippen LogP contribution in [0.4, 0.5) is 26.3 Å². The third-order valence-corrected chi connectivity index (χ3v) is 2.98. The van der Waals surface area contributed by atoms with Gasteiger partial charge >= 0.3 is 12.4 Å². The first-order valence-electron chi connectivity index (χ1n) is 5.92. The van der Waals surface area contributed by atoms with Crippen LogP contribution in [0.15, 0.2) is 42.5 Å². The number of halogens is 6. The Morgan fingerprint density at radius 2 is 1.27 bits per heavy atom. The number of hydrogen-bond acceptors (Lipinski definition) is 1. The molecule has 0 saturated carbocycles. The maximum atomic E-state index is 13.0. The average Bonchev–Trinajstić information content (AvgIpc) is 2.44. The van der Waals surface area contributed by atoms with E-state index < -0.39 is 34.6 Å². The molecule has 0 radical (unpaired) electrons.